The van der Waals surface area contributed by atoms with Gasteiger partial charge in [0.1, 0.15) is 12.5 Å². The quantitative estimate of drug-likeness (QED) is 0.607. The first-order valence-corrected chi connectivity index (χ1v) is 5.17. The Labute approximate surface area is 85.7 Å². The van der Waals surface area contributed by atoms with Gasteiger partial charge in [-0.15, -0.1) is 0 Å². The molecule has 3 aliphatic heterocycles. The molecule has 1 saturated heterocycles. The van der Waals surface area contributed by atoms with Crippen molar-refractivity contribution >= 4 is 0 Å². The predicted molar refractivity (Wildman–Crippen MR) is 55.4 cm³/mol. The number of hydrogen-bond donors (Lipinski definition) is 0. The van der Waals surface area contributed by atoms with Crippen molar-refractivity contribution in [1.29, 1.82) is 0 Å². The lowest BCUT2D eigenvalue weighted by Crippen LogP contribution is -2.55. The summed E-state index contributed by atoms with van der Waals surface area (Å²) in [6, 6.07) is 0. The smallest absolute Gasteiger partial charge is 0.149 e. The van der Waals surface area contributed by atoms with Crippen molar-refractivity contribution in [1.82, 2.24) is 14.7 Å². The summed E-state index contributed by atoms with van der Waals surface area (Å²) in [5.74, 6) is 0. The van der Waals surface area contributed by atoms with Gasteiger partial charge in [0.25, 0.3) is 0 Å². The molecule has 3 aliphatic rings. The highest BCUT2D eigenvalue weighted by molar-refractivity contribution is 4.97. The maximum absolute atomic E-state index is 5.95. The molecule has 4 heteroatoms. The summed E-state index contributed by atoms with van der Waals surface area (Å²) in [7, 11) is 4.08. The fourth-order valence-electron chi connectivity index (χ4n) is 1.74. The van der Waals surface area contributed by atoms with Gasteiger partial charge in [-0.1, -0.05) is 0 Å². The first-order chi connectivity index (χ1) is 6.66. The van der Waals surface area contributed by atoms with Gasteiger partial charge >= 0.3 is 0 Å². The highest BCUT2D eigenvalue weighted by atomic mass is 16.5. The van der Waals surface area contributed by atoms with Crippen molar-refractivity contribution in [3.05, 3.63) is 12.4 Å². The van der Waals surface area contributed by atoms with Gasteiger partial charge in [-0.05, 0) is 21.0 Å². The van der Waals surface area contributed by atoms with E-state index in [0.29, 0.717) is 0 Å². The van der Waals surface area contributed by atoms with Gasteiger partial charge in [-0.25, -0.2) is 0 Å². The van der Waals surface area contributed by atoms with Crippen LogP contribution in [0.3, 0.4) is 0 Å². The molecule has 0 radical (unpaired) electrons. The molecule has 2 bridgehead atoms. The Hall–Kier alpha value is -0.740. The molecule has 0 aromatic rings. The van der Waals surface area contributed by atoms with Crippen molar-refractivity contribution < 1.29 is 4.74 Å². The van der Waals surface area contributed by atoms with Crippen LogP contribution in [0.1, 0.15) is 6.92 Å². The second kappa shape index (κ2) is 3.79. The minimum atomic E-state index is 0.175. The summed E-state index contributed by atoms with van der Waals surface area (Å²) in [4.78, 5) is 6.68. The molecule has 0 aliphatic carbocycles. The Morgan fingerprint density at radius 2 is 2.14 bits per heavy atom. The molecule has 4 nitrogen and oxygen atoms in total. The van der Waals surface area contributed by atoms with Crippen LogP contribution in [0.15, 0.2) is 12.4 Å². The standard InChI is InChI=1S/C10H19N3O/c1-9(11(2)3)14-10-8-12-4-6-13(10)7-5-12/h4,6,9-10H,5,7-8H2,1-3H3. The topological polar surface area (TPSA) is 19.0 Å². The highest BCUT2D eigenvalue weighted by Crippen LogP contribution is 2.18. The predicted octanol–water partition coefficient (Wildman–Crippen LogP) is 0.339. The van der Waals surface area contributed by atoms with Gasteiger partial charge in [0.2, 0.25) is 0 Å². The minimum Gasteiger partial charge on any atom is -0.370 e. The largest absolute Gasteiger partial charge is 0.370 e. The van der Waals surface area contributed by atoms with Crippen molar-refractivity contribution in [2.24, 2.45) is 0 Å². The van der Waals surface area contributed by atoms with E-state index in [4.69, 9.17) is 4.74 Å². The van der Waals surface area contributed by atoms with Gasteiger partial charge in [0.05, 0.1) is 6.54 Å². The van der Waals surface area contributed by atoms with E-state index in [1.54, 1.807) is 0 Å². The highest BCUT2D eigenvalue weighted by Gasteiger charge is 2.29. The molecule has 0 N–H and O–H groups in total. The summed E-state index contributed by atoms with van der Waals surface area (Å²) in [6.45, 7) is 5.30. The van der Waals surface area contributed by atoms with Crippen LogP contribution in [0.25, 0.3) is 0 Å². The van der Waals surface area contributed by atoms with Gasteiger partial charge in [-0.3, -0.25) is 4.90 Å². The molecule has 3 heterocycles. The second-order valence-electron chi connectivity index (χ2n) is 4.18. The zero-order valence-corrected chi connectivity index (χ0v) is 9.18. The molecule has 0 aromatic carbocycles. The van der Waals surface area contributed by atoms with Crippen LogP contribution in [0.4, 0.5) is 0 Å². The van der Waals surface area contributed by atoms with E-state index < -0.39 is 0 Å². The summed E-state index contributed by atoms with van der Waals surface area (Å²) >= 11 is 0. The number of fused-ring (bicyclic) bond motifs is 2. The van der Waals surface area contributed by atoms with Gasteiger partial charge in [0.15, 0.2) is 0 Å². The van der Waals surface area contributed by atoms with Gasteiger partial charge < -0.3 is 14.5 Å². The Morgan fingerprint density at radius 3 is 2.57 bits per heavy atom. The van der Waals surface area contributed by atoms with Crippen LogP contribution in [-0.4, -0.2) is 60.9 Å². The fraction of sp³-hybridized carbons (Fsp3) is 0.800. The van der Waals surface area contributed by atoms with Crippen molar-refractivity contribution in [2.45, 2.75) is 19.4 Å². The Morgan fingerprint density at radius 1 is 1.36 bits per heavy atom. The summed E-state index contributed by atoms with van der Waals surface area (Å²) in [5, 5.41) is 0. The molecule has 80 valence electrons. The van der Waals surface area contributed by atoms with E-state index in [2.05, 4.69) is 34.0 Å². The van der Waals surface area contributed by atoms with E-state index in [1.807, 2.05) is 14.1 Å². The van der Waals surface area contributed by atoms with E-state index in [0.717, 1.165) is 19.6 Å². The van der Waals surface area contributed by atoms with Crippen LogP contribution < -0.4 is 0 Å². The van der Waals surface area contributed by atoms with Crippen molar-refractivity contribution in [3.8, 4) is 0 Å². The Bertz CT molecular complexity index is 229. The molecule has 0 saturated carbocycles. The molecule has 1 fully saturated rings. The minimum absolute atomic E-state index is 0.175. The molecule has 0 amide bonds. The summed E-state index contributed by atoms with van der Waals surface area (Å²) in [6.07, 6.45) is 4.67. The number of ether oxygens (including phenoxy) is 1. The third-order valence-electron chi connectivity index (χ3n) is 2.96. The SMILES string of the molecule is CC(OC1CN2C=CN1CC2)N(C)C. The maximum atomic E-state index is 5.95. The monoisotopic (exact) mass is 197 g/mol. The van der Waals surface area contributed by atoms with E-state index >= 15 is 0 Å². The molecular weight excluding hydrogens is 178 g/mol. The molecule has 0 aromatic heterocycles. The number of piperazine rings is 1. The molecule has 14 heavy (non-hydrogen) atoms. The first kappa shape index (κ1) is 9.80. The zero-order valence-electron chi connectivity index (χ0n) is 9.18. The van der Waals surface area contributed by atoms with Crippen LogP contribution in [0.2, 0.25) is 0 Å². The lowest BCUT2D eigenvalue weighted by atomic mass is 10.2. The van der Waals surface area contributed by atoms with Crippen LogP contribution in [0, 0.1) is 0 Å². The molecule has 3 rings (SSSR count). The maximum Gasteiger partial charge on any atom is 0.149 e. The summed E-state index contributed by atoms with van der Waals surface area (Å²) in [5.41, 5.74) is 0. The molecule has 0 spiro atoms. The molecular formula is C10H19N3O. The number of nitrogens with zero attached hydrogens (tertiary/aromatic N) is 3. The third-order valence-corrected chi connectivity index (χ3v) is 2.96. The summed E-state index contributed by atoms with van der Waals surface area (Å²) < 4.78 is 5.95. The lowest BCUT2D eigenvalue weighted by Gasteiger charge is -2.45. The van der Waals surface area contributed by atoms with Crippen LogP contribution >= 0.6 is 0 Å². The fourth-order valence-corrected chi connectivity index (χ4v) is 1.74. The number of rotatable bonds is 3. The van der Waals surface area contributed by atoms with E-state index in [9.17, 15) is 0 Å². The third kappa shape index (κ3) is 1.86. The van der Waals surface area contributed by atoms with Gasteiger partial charge in [-0.2, -0.15) is 0 Å². The normalized spacial score (nSPS) is 27.6. The number of hydrogen-bond acceptors (Lipinski definition) is 4. The lowest BCUT2D eigenvalue weighted by molar-refractivity contribution is -0.148. The molecule has 2 unspecified atom stereocenters. The Balaban J connectivity index is 1.91. The van der Waals surface area contributed by atoms with Crippen molar-refractivity contribution in [3.63, 3.8) is 0 Å². The zero-order chi connectivity index (χ0) is 10.1. The Kier molecular flexibility index (Phi) is 2.65. The second-order valence-corrected chi connectivity index (χ2v) is 4.18. The molecule has 2 atom stereocenters. The average molecular weight is 197 g/mol. The first-order valence-electron chi connectivity index (χ1n) is 5.17. The van der Waals surface area contributed by atoms with E-state index in [-0.39, 0.29) is 12.5 Å². The van der Waals surface area contributed by atoms with E-state index in [1.165, 1.54) is 0 Å². The van der Waals surface area contributed by atoms with Crippen LogP contribution in [0.5, 0.6) is 0 Å². The average Bonchev–Trinajstić information content (AvgIpc) is 2.19. The van der Waals surface area contributed by atoms with Gasteiger partial charge in [0, 0.05) is 25.5 Å². The van der Waals surface area contributed by atoms with Crippen LogP contribution in [-0.2, 0) is 4.74 Å². The van der Waals surface area contributed by atoms with Crippen molar-refractivity contribution in [2.75, 3.05) is 33.7 Å².